The Morgan fingerprint density at radius 1 is 1.53 bits per heavy atom. The topological polar surface area (TPSA) is 55.1 Å². The molecule has 1 aromatic carbocycles. The number of nitrogens with one attached hydrogen (secondary N) is 1. The van der Waals surface area contributed by atoms with Gasteiger partial charge in [0.1, 0.15) is 0 Å². The summed E-state index contributed by atoms with van der Waals surface area (Å²) in [6, 6.07) is 7.64. The molecule has 1 amide bonds. The van der Waals surface area contributed by atoms with E-state index in [4.69, 9.17) is 17.3 Å². The third kappa shape index (κ3) is 6.29. The van der Waals surface area contributed by atoms with Crippen LogP contribution in [0.1, 0.15) is 31.7 Å². The van der Waals surface area contributed by atoms with Gasteiger partial charge in [-0.05, 0) is 37.5 Å². The van der Waals surface area contributed by atoms with Gasteiger partial charge in [-0.1, -0.05) is 23.7 Å². The van der Waals surface area contributed by atoms with Crippen LogP contribution >= 0.6 is 11.6 Å². The minimum Gasteiger partial charge on any atom is -0.352 e. The molecule has 94 valence electrons. The van der Waals surface area contributed by atoms with Crippen molar-refractivity contribution in [2.75, 3.05) is 0 Å². The maximum atomic E-state index is 11.5. The number of hydrogen-bond donors (Lipinski definition) is 2. The van der Waals surface area contributed by atoms with E-state index in [1.807, 2.05) is 31.2 Å². The van der Waals surface area contributed by atoms with Crippen LogP contribution in [0.3, 0.4) is 0 Å². The largest absolute Gasteiger partial charge is 0.352 e. The van der Waals surface area contributed by atoms with Crippen molar-refractivity contribution in [3.05, 3.63) is 34.9 Å². The minimum absolute atomic E-state index is 0.0608. The summed E-state index contributed by atoms with van der Waals surface area (Å²) in [5.41, 5.74) is 6.63. The number of amides is 1. The molecule has 1 atom stereocenters. The molecular weight excluding hydrogens is 236 g/mol. The molecular formula is C13H19ClN2O. The van der Waals surface area contributed by atoms with Crippen LogP contribution in [0.25, 0.3) is 0 Å². The molecule has 1 aromatic rings. The van der Waals surface area contributed by atoms with Crippen LogP contribution in [-0.4, -0.2) is 11.9 Å². The van der Waals surface area contributed by atoms with Crippen LogP contribution in [0.15, 0.2) is 24.3 Å². The van der Waals surface area contributed by atoms with Crippen molar-refractivity contribution >= 4 is 17.5 Å². The third-order valence-corrected chi connectivity index (χ3v) is 2.68. The second-order valence-corrected chi connectivity index (χ2v) is 4.71. The molecule has 1 rings (SSSR count). The fraction of sp³-hybridized carbons (Fsp3) is 0.462. The van der Waals surface area contributed by atoms with Crippen LogP contribution in [0.2, 0.25) is 5.02 Å². The molecule has 0 aliphatic rings. The molecule has 3 nitrogen and oxygen atoms in total. The molecule has 17 heavy (non-hydrogen) atoms. The lowest BCUT2D eigenvalue weighted by molar-refractivity contribution is -0.121. The van der Waals surface area contributed by atoms with Gasteiger partial charge < -0.3 is 11.1 Å². The number of benzene rings is 1. The molecule has 0 saturated heterocycles. The Labute approximate surface area is 107 Å². The summed E-state index contributed by atoms with van der Waals surface area (Å²) in [5.74, 6) is 0.0608. The molecule has 0 aliphatic heterocycles. The van der Waals surface area contributed by atoms with E-state index < -0.39 is 0 Å². The number of nitrogens with two attached hydrogens (primary N) is 1. The van der Waals surface area contributed by atoms with Gasteiger partial charge in [-0.25, -0.2) is 0 Å². The highest BCUT2D eigenvalue weighted by Gasteiger charge is 2.02. The van der Waals surface area contributed by atoms with E-state index in [2.05, 4.69) is 5.32 Å². The van der Waals surface area contributed by atoms with E-state index in [0.29, 0.717) is 18.0 Å². The Balaban J connectivity index is 2.24. The predicted octanol–water partition coefficient (Wildman–Crippen LogP) is 2.47. The Morgan fingerprint density at radius 2 is 2.29 bits per heavy atom. The lowest BCUT2D eigenvalue weighted by Gasteiger charge is -2.07. The smallest absolute Gasteiger partial charge is 0.220 e. The highest BCUT2D eigenvalue weighted by molar-refractivity contribution is 6.30. The monoisotopic (exact) mass is 254 g/mol. The van der Waals surface area contributed by atoms with Crippen LogP contribution in [0.4, 0.5) is 0 Å². The zero-order chi connectivity index (χ0) is 12.7. The summed E-state index contributed by atoms with van der Waals surface area (Å²) >= 11 is 5.85. The molecule has 0 aliphatic carbocycles. The lowest BCUT2D eigenvalue weighted by Crippen LogP contribution is -2.23. The molecule has 0 saturated carbocycles. The van der Waals surface area contributed by atoms with Crippen molar-refractivity contribution in [2.45, 2.75) is 38.8 Å². The molecule has 0 heterocycles. The Kier molecular flexibility index (Phi) is 6.01. The molecule has 3 N–H and O–H groups in total. The van der Waals surface area contributed by atoms with E-state index in [-0.39, 0.29) is 11.9 Å². The lowest BCUT2D eigenvalue weighted by atomic mass is 10.1. The summed E-state index contributed by atoms with van der Waals surface area (Å²) in [6.07, 6.45) is 2.24. The van der Waals surface area contributed by atoms with Crippen LogP contribution in [0, 0.1) is 0 Å². The first-order chi connectivity index (χ1) is 8.08. The van der Waals surface area contributed by atoms with Crippen molar-refractivity contribution in [2.24, 2.45) is 5.73 Å². The zero-order valence-corrected chi connectivity index (χ0v) is 10.8. The molecule has 0 radical (unpaired) electrons. The number of carbonyl (C=O) groups is 1. The van der Waals surface area contributed by atoms with Gasteiger partial charge in [0, 0.05) is 24.0 Å². The maximum absolute atomic E-state index is 11.5. The van der Waals surface area contributed by atoms with Gasteiger partial charge in [-0.15, -0.1) is 0 Å². The Bertz CT molecular complexity index is 366. The SMILES string of the molecule is CC(N)CCCC(=O)NCc1cccc(Cl)c1. The molecule has 0 fully saturated rings. The second kappa shape index (κ2) is 7.30. The second-order valence-electron chi connectivity index (χ2n) is 4.28. The van der Waals surface area contributed by atoms with E-state index in [1.165, 1.54) is 0 Å². The van der Waals surface area contributed by atoms with E-state index in [0.717, 1.165) is 18.4 Å². The summed E-state index contributed by atoms with van der Waals surface area (Å²) in [5, 5.41) is 3.55. The Hall–Kier alpha value is -1.06. The summed E-state index contributed by atoms with van der Waals surface area (Å²) in [7, 11) is 0. The van der Waals surface area contributed by atoms with Crippen molar-refractivity contribution in [1.82, 2.24) is 5.32 Å². The highest BCUT2D eigenvalue weighted by Crippen LogP contribution is 2.10. The number of carbonyl (C=O) groups excluding carboxylic acids is 1. The first kappa shape index (κ1) is 14.0. The van der Waals surface area contributed by atoms with Gasteiger partial charge in [-0.2, -0.15) is 0 Å². The van der Waals surface area contributed by atoms with Gasteiger partial charge in [0.15, 0.2) is 0 Å². The van der Waals surface area contributed by atoms with Gasteiger partial charge >= 0.3 is 0 Å². The fourth-order valence-corrected chi connectivity index (χ4v) is 1.73. The van der Waals surface area contributed by atoms with Gasteiger partial charge in [0.25, 0.3) is 0 Å². The van der Waals surface area contributed by atoms with Gasteiger partial charge in [-0.3, -0.25) is 4.79 Å². The maximum Gasteiger partial charge on any atom is 0.220 e. The average Bonchev–Trinajstić information content (AvgIpc) is 2.26. The molecule has 1 unspecified atom stereocenters. The normalized spacial score (nSPS) is 12.2. The summed E-state index contributed by atoms with van der Waals surface area (Å²) < 4.78 is 0. The number of halogens is 1. The molecule has 0 spiro atoms. The van der Waals surface area contributed by atoms with Gasteiger partial charge in [0.05, 0.1) is 0 Å². The first-order valence-electron chi connectivity index (χ1n) is 5.84. The molecule has 4 heteroatoms. The van der Waals surface area contributed by atoms with Crippen LogP contribution in [0.5, 0.6) is 0 Å². The zero-order valence-electron chi connectivity index (χ0n) is 10.1. The van der Waals surface area contributed by atoms with Crippen molar-refractivity contribution in [3.63, 3.8) is 0 Å². The van der Waals surface area contributed by atoms with E-state index in [1.54, 1.807) is 0 Å². The number of rotatable bonds is 6. The fourth-order valence-electron chi connectivity index (χ4n) is 1.52. The average molecular weight is 255 g/mol. The van der Waals surface area contributed by atoms with Crippen LogP contribution in [-0.2, 0) is 11.3 Å². The molecule has 0 bridgehead atoms. The number of hydrogen-bond acceptors (Lipinski definition) is 2. The molecule has 0 aromatic heterocycles. The Morgan fingerprint density at radius 3 is 2.94 bits per heavy atom. The van der Waals surface area contributed by atoms with E-state index in [9.17, 15) is 4.79 Å². The first-order valence-corrected chi connectivity index (χ1v) is 6.22. The highest BCUT2D eigenvalue weighted by atomic mass is 35.5. The van der Waals surface area contributed by atoms with Gasteiger partial charge in [0.2, 0.25) is 5.91 Å². The third-order valence-electron chi connectivity index (χ3n) is 2.44. The van der Waals surface area contributed by atoms with Crippen LogP contribution < -0.4 is 11.1 Å². The summed E-state index contributed by atoms with van der Waals surface area (Å²) in [6.45, 7) is 2.47. The predicted molar refractivity (Wildman–Crippen MR) is 70.8 cm³/mol. The quantitative estimate of drug-likeness (QED) is 0.820. The van der Waals surface area contributed by atoms with E-state index >= 15 is 0 Å². The summed E-state index contributed by atoms with van der Waals surface area (Å²) in [4.78, 5) is 11.5. The van der Waals surface area contributed by atoms with Crippen molar-refractivity contribution in [3.8, 4) is 0 Å². The standard InChI is InChI=1S/C13H19ClN2O/c1-10(15)4-2-7-13(17)16-9-11-5-3-6-12(14)8-11/h3,5-6,8,10H,2,4,7,9,15H2,1H3,(H,16,17). The van der Waals surface area contributed by atoms with Crippen molar-refractivity contribution in [1.29, 1.82) is 0 Å². The van der Waals surface area contributed by atoms with Crippen molar-refractivity contribution < 1.29 is 4.79 Å². The minimum atomic E-state index is 0.0608.